The summed E-state index contributed by atoms with van der Waals surface area (Å²) in [4.78, 5) is 0. The Bertz CT molecular complexity index is 1510. The lowest BCUT2D eigenvalue weighted by atomic mass is 9.67. The first kappa shape index (κ1) is 105. The number of halogens is 8. The quantitative estimate of drug-likeness (QED) is 0.0575. The zero-order valence-corrected chi connectivity index (χ0v) is 68.4. The van der Waals surface area contributed by atoms with Gasteiger partial charge in [-0.1, -0.05) is 279 Å². The van der Waals surface area contributed by atoms with Crippen molar-refractivity contribution in [3.05, 3.63) is 0 Å². The van der Waals surface area contributed by atoms with E-state index in [0.29, 0.717) is 62.2 Å². The second-order valence-electron chi connectivity index (χ2n) is 32.1. The van der Waals surface area contributed by atoms with Crippen molar-refractivity contribution in [3.8, 4) is 0 Å². The van der Waals surface area contributed by atoms with Gasteiger partial charge in [-0.15, -0.1) is 0 Å². The largest absolute Gasteiger partial charge is 0.244 e. The molecule has 0 radical (unpaired) electrons. The molecule has 6 atom stereocenters. The van der Waals surface area contributed by atoms with Gasteiger partial charge in [-0.05, 0) is 191 Å². The highest BCUT2D eigenvalue weighted by Gasteiger charge is 2.45. The molecule has 550 valence electrons. The Kier molecular flexibility index (Phi) is 58.6. The van der Waals surface area contributed by atoms with E-state index in [1.54, 1.807) is 55.4 Å². The van der Waals surface area contributed by atoms with Crippen LogP contribution >= 0.6 is 0 Å². The fourth-order valence-corrected chi connectivity index (χ4v) is 13.8. The molecular formula is C81H170F8. The van der Waals surface area contributed by atoms with Gasteiger partial charge in [0.05, 0.1) is 0 Å². The van der Waals surface area contributed by atoms with E-state index in [1.807, 2.05) is 96.9 Å². The topological polar surface area (TPSA) is 0 Å². The minimum Gasteiger partial charge on any atom is -0.244 e. The first-order valence-electron chi connectivity index (χ1n) is 37.5. The number of alkyl halides is 8. The minimum absolute atomic E-state index is 0.0994. The van der Waals surface area contributed by atoms with Gasteiger partial charge in [-0.3, -0.25) is 0 Å². The van der Waals surface area contributed by atoms with Gasteiger partial charge in [0.15, 0.2) is 0 Å². The minimum atomic E-state index is -1.05. The van der Waals surface area contributed by atoms with Crippen molar-refractivity contribution in [2.45, 2.75) is 444 Å². The van der Waals surface area contributed by atoms with Gasteiger partial charge in [0, 0.05) is 10.8 Å². The van der Waals surface area contributed by atoms with E-state index in [0.717, 1.165) is 83.5 Å². The van der Waals surface area contributed by atoms with Crippen molar-refractivity contribution < 1.29 is 35.1 Å². The van der Waals surface area contributed by atoms with Gasteiger partial charge in [-0.25, -0.2) is 35.1 Å². The Morgan fingerprint density at radius 3 is 0.674 bits per heavy atom. The molecule has 0 aromatic rings. The van der Waals surface area contributed by atoms with Crippen LogP contribution in [0.15, 0.2) is 0 Å². The van der Waals surface area contributed by atoms with Crippen molar-refractivity contribution in [2.24, 2.45) is 81.8 Å². The smallest absolute Gasteiger partial charge is 0.115 e. The summed E-state index contributed by atoms with van der Waals surface area (Å²) in [6, 6.07) is 0. The number of hydrogen-bond acceptors (Lipinski definition) is 0. The maximum Gasteiger partial charge on any atom is 0.115 e. The van der Waals surface area contributed by atoms with Crippen LogP contribution in [0.1, 0.15) is 399 Å². The summed E-state index contributed by atoms with van der Waals surface area (Å²) in [5.74, 6) is 3.05. The average Bonchev–Trinajstić information content (AvgIpc) is 3.20. The van der Waals surface area contributed by atoms with Crippen LogP contribution in [0.25, 0.3) is 0 Å². The lowest BCUT2D eigenvalue weighted by Crippen LogP contribution is -2.43. The van der Waals surface area contributed by atoms with Gasteiger partial charge in [0.2, 0.25) is 0 Å². The van der Waals surface area contributed by atoms with Crippen LogP contribution in [0.2, 0.25) is 0 Å². The molecular weight excluding hydrogens is 1120 g/mol. The van der Waals surface area contributed by atoms with Crippen LogP contribution in [0.4, 0.5) is 35.1 Å². The maximum atomic E-state index is 14.3. The Morgan fingerprint density at radius 1 is 0.258 bits per heavy atom. The summed E-state index contributed by atoms with van der Waals surface area (Å²) in [5, 5.41) is 0. The fraction of sp³-hybridized carbons (Fsp3) is 1.00. The lowest BCUT2D eigenvalue weighted by Gasteiger charge is -2.42. The fourth-order valence-electron chi connectivity index (χ4n) is 13.8. The van der Waals surface area contributed by atoms with E-state index >= 15 is 0 Å². The highest BCUT2D eigenvalue weighted by molar-refractivity contribution is 4.94. The van der Waals surface area contributed by atoms with Crippen LogP contribution < -0.4 is 0 Å². The Labute approximate surface area is 558 Å². The van der Waals surface area contributed by atoms with E-state index in [2.05, 4.69) is 125 Å². The predicted octanol–water partition coefficient (Wildman–Crippen LogP) is 31.1. The maximum absolute atomic E-state index is 14.3. The third kappa shape index (κ3) is 41.2. The zero-order valence-electron chi connectivity index (χ0n) is 68.4. The Hall–Kier alpha value is -0.560. The highest BCUT2D eigenvalue weighted by atomic mass is 19.2. The Balaban J connectivity index is -0.000000141. The predicted molar refractivity (Wildman–Crippen MR) is 392 cm³/mol. The SMILES string of the molecule is CC(C)C(C)(F)C(C)C.CCC(C)(CC)[C@@](C)(F)C(C)C.CCC(CC)[C@@](C)(F)C(C)C.CCCC(C)(F)CCC.CCC[C@](C)(F)C(C(C)C)C(C)C.CCC[C@](C)(F)C(C)(CC)CC.CCC[C@](C)(F)C(CC)CC.CC[C@](C)(F)C(C(C)C)C(C)C. The summed E-state index contributed by atoms with van der Waals surface area (Å²) in [6.45, 7) is 79.1. The van der Waals surface area contributed by atoms with Crippen molar-refractivity contribution >= 4 is 0 Å². The normalized spacial score (nSPS) is 16.4. The van der Waals surface area contributed by atoms with Crippen LogP contribution in [0.5, 0.6) is 0 Å². The second kappa shape index (κ2) is 49.9. The highest BCUT2D eigenvalue weighted by Crippen LogP contribution is 2.46. The van der Waals surface area contributed by atoms with E-state index < -0.39 is 45.4 Å². The van der Waals surface area contributed by atoms with E-state index in [9.17, 15) is 35.1 Å². The van der Waals surface area contributed by atoms with Crippen molar-refractivity contribution in [2.75, 3.05) is 0 Å². The molecule has 0 saturated heterocycles. The summed E-state index contributed by atoms with van der Waals surface area (Å²) in [6.07, 6.45) is 16.3. The first-order chi connectivity index (χ1) is 39.9. The molecule has 0 unspecified atom stereocenters. The number of hydrogen-bond donors (Lipinski definition) is 0. The second-order valence-corrected chi connectivity index (χ2v) is 32.1. The third-order valence-corrected chi connectivity index (χ3v) is 22.3. The average molecular weight is 1300 g/mol. The zero-order chi connectivity index (χ0) is 73.4. The summed E-state index contributed by atoms with van der Waals surface area (Å²) in [7, 11) is 0. The molecule has 0 aliphatic rings. The third-order valence-electron chi connectivity index (χ3n) is 22.3. The molecule has 89 heavy (non-hydrogen) atoms. The first-order valence-corrected chi connectivity index (χ1v) is 37.5. The molecule has 0 fully saturated rings. The summed E-state index contributed by atoms with van der Waals surface area (Å²) >= 11 is 0. The summed E-state index contributed by atoms with van der Waals surface area (Å²) in [5.41, 5.74) is -8.14. The standard InChI is InChI=1S/C12H25F.3C11H23F.2C10H21F.2C8H17F/c1-7-8-12(6,13)11(9(2)3)10(4)5;1-7-10(5,8-2)11(6,12)9(3)4;1-7-11(6,12)10(8(2)3)9(4)5;1-6-9-11(5,12)10(4,7-2)8-3;1-6-9(7-2)10(5,11)8(3)4;1-5-8-10(4,11)9(6-2)7-3;1-6(2)8(5,9)7(3)4;1-4-6-8(3,9)7-5-2/h9-11H,7-8H2,1-6H3;9H,7-8H2,1-6H3;8-10H,7H2,1-6H3;6-9H2,1-5H3;8-9H,6-7H2,1-5H3;9H,5-8H2,1-4H3;6-7H,1-5H3;4-7H2,1-3H3/t12-;3*11-;2*10-;;/m000000../s1. The van der Waals surface area contributed by atoms with Gasteiger partial charge >= 0.3 is 0 Å². The van der Waals surface area contributed by atoms with Crippen molar-refractivity contribution in [3.63, 3.8) is 0 Å². The van der Waals surface area contributed by atoms with Crippen LogP contribution in [0, 0.1) is 81.8 Å². The van der Waals surface area contributed by atoms with Crippen molar-refractivity contribution in [1.29, 1.82) is 0 Å². The lowest BCUT2D eigenvalue weighted by molar-refractivity contribution is -0.0267. The molecule has 0 aliphatic heterocycles. The Morgan fingerprint density at radius 2 is 0.517 bits per heavy atom. The molecule has 0 heterocycles. The van der Waals surface area contributed by atoms with Gasteiger partial charge < -0.3 is 0 Å². The molecule has 0 rings (SSSR count). The summed E-state index contributed by atoms with van der Waals surface area (Å²) < 4.78 is 111. The molecule has 0 aliphatic carbocycles. The molecule has 8 heteroatoms. The molecule has 0 amide bonds. The van der Waals surface area contributed by atoms with Gasteiger partial charge in [0.25, 0.3) is 0 Å². The molecule has 0 aromatic heterocycles. The van der Waals surface area contributed by atoms with Gasteiger partial charge in [-0.2, -0.15) is 0 Å². The molecule has 0 aromatic carbocycles. The molecule has 0 nitrogen and oxygen atoms in total. The van der Waals surface area contributed by atoms with E-state index in [4.69, 9.17) is 0 Å². The molecule has 0 bridgehead atoms. The van der Waals surface area contributed by atoms with Crippen LogP contribution in [-0.2, 0) is 0 Å². The van der Waals surface area contributed by atoms with Crippen LogP contribution in [-0.4, -0.2) is 45.4 Å². The van der Waals surface area contributed by atoms with E-state index in [1.165, 1.54) is 0 Å². The monoisotopic (exact) mass is 1300 g/mol. The molecule has 0 saturated carbocycles. The van der Waals surface area contributed by atoms with E-state index in [-0.39, 0.29) is 58.2 Å². The molecule has 0 spiro atoms. The van der Waals surface area contributed by atoms with Crippen LogP contribution in [0.3, 0.4) is 0 Å². The number of rotatable bonds is 33. The van der Waals surface area contributed by atoms with Crippen molar-refractivity contribution in [1.82, 2.24) is 0 Å². The van der Waals surface area contributed by atoms with Gasteiger partial charge in [0.1, 0.15) is 45.4 Å². The molecule has 0 N–H and O–H groups in total.